The summed E-state index contributed by atoms with van der Waals surface area (Å²) in [6, 6.07) is 8.47. The van der Waals surface area contributed by atoms with Gasteiger partial charge in [-0.25, -0.2) is 9.78 Å². The lowest BCUT2D eigenvalue weighted by atomic mass is 10.00. The number of ether oxygens (including phenoxy) is 1. The van der Waals surface area contributed by atoms with Crippen molar-refractivity contribution in [3.05, 3.63) is 46.5 Å². The molecule has 0 saturated heterocycles. The van der Waals surface area contributed by atoms with E-state index in [2.05, 4.69) is 39.9 Å². The number of thiazole rings is 1. The van der Waals surface area contributed by atoms with E-state index in [4.69, 9.17) is 4.74 Å². The zero-order valence-electron chi connectivity index (χ0n) is 13.9. The molecule has 2 N–H and O–H groups in total. The Bertz CT molecular complexity index is 659. The molecular formula is C18H23N3O2S. The first-order valence-electron chi connectivity index (χ1n) is 8.29. The highest BCUT2D eigenvalue weighted by Gasteiger charge is 2.17. The number of nitrogens with one attached hydrogen (secondary N) is 2. The number of hydrogen-bond acceptors (Lipinski definition) is 4. The second-order valence-corrected chi connectivity index (χ2v) is 6.98. The molecule has 0 atom stereocenters. The molecule has 3 rings (SSSR count). The van der Waals surface area contributed by atoms with Gasteiger partial charge in [0.1, 0.15) is 0 Å². The molecule has 0 fully saturated rings. The van der Waals surface area contributed by atoms with Crippen molar-refractivity contribution in [3.8, 4) is 0 Å². The van der Waals surface area contributed by atoms with Crippen molar-refractivity contribution < 1.29 is 9.53 Å². The van der Waals surface area contributed by atoms with E-state index in [1.165, 1.54) is 22.5 Å². The van der Waals surface area contributed by atoms with Crippen LogP contribution in [0.15, 0.2) is 29.6 Å². The summed E-state index contributed by atoms with van der Waals surface area (Å²) < 4.78 is 5.03. The first kappa shape index (κ1) is 16.9. The highest BCUT2D eigenvalue weighted by molar-refractivity contribution is 7.13. The summed E-state index contributed by atoms with van der Waals surface area (Å²) in [5.41, 5.74) is 3.75. The third-order valence-electron chi connectivity index (χ3n) is 4.38. The molecule has 0 spiro atoms. The van der Waals surface area contributed by atoms with Crippen LogP contribution in [0.5, 0.6) is 0 Å². The van der Waals surface area contributed by atoms with Crippen molar-refractivity contribution in [2.45, 2.75) is 32.3 Å². The molecule has 1 aliphatic carbocycles. The summed E-state index contributed by atoms with van der Waals surface area (Å²) in [6.07, 6.45) is 4.42. The van der Waals surface area contributed by atoms with Gasteiger partial charge in [0.05, 0.1) is 12.3 Å². The van der Waals surface area contributed by atoms with Gasteiger partial charge in [-0.2, -0.15) is 0 Å². The van der Waals surface area contributed by atoms with Gasteiger partial charge in [-0.3, -0.25) is 5.32 Å². The van der Waals surface area contributed by atoms with Crippen LogP contribution in [-0.4, -0.2) is 24.7 Å². The number of fused-ring (bicyclic) bond motifs is 1. The van der Waals surface area contributed by atoms with Crippen molar-refractivity contribution in [1.82, 2.24) is 10.3 Å². The maximum absolute atomic E-state index is 12.0. The molecule has 0 radical (unpaired) electrons. The minimum absolute atomic E-state index is 0.185. The lowest BCUT2D eigenvalue weighted by Crippen LogP contribution is -2.33. The van der Waals surface area contributed by atoms with E-state index in [1.807, 2.05) is 5.38 Å². The Hall–Kier alpha value is -1.92. The maximum atomic E-state index is 12.0. The Morgan fingerprint density at radius 2 is 2.00 bits per heavy atom. The van der Waals surface area contributed by atoms with E-state index in [9.17, 15) is 4.79 Å². The second-order valence-electron chi connectivity index (χ2n) is 6.12. The highest BCUT2D eigenvalue weighted by Crippen LogP contribution is 2.24. The standard InChI is InChI=1S/C18H23N3O2S/c1-23-11-16-12-24-18(20-16)21-17(22)19-10-13-6-8-14-4-2-3-5-15(14)9-7-13/h2-5,12-13H,6-11H2,1H3,(H2,19,20,21,22). The monoisotopic (exact) mass is 345 g/mol. The van der Waals surface area contributed by atoms with Gasteiger partial charge in [-0.1, -0.05) is 24.3 Å². The van der Waals surface area contributed by atoms with Crippen LogP contribution in [0.1, 0.15) is 29.7 Å². The van der Waals surface area contributed by atoms with Crippen molar-refractivity contribution in [2.75, 3.05) is 19.0 Å². The van der Waals surface area contributed by atoms with Gasteiger partial charge in [-0.15, -0.1) is 11.3 Å². The molecule has 1 aliphatic rings. The van der Waals surface area contributed by atoms with Crippen molar-refractivity contribution in [3.63, 3.8) is 0 Å². The number of aryl methyl sites for hydroxylation is 2. The summed E-state index contributed by atoms with van der Waals surface area (Å²) in [7, 11) is 1.63. The Morgan fingerprint density at radius 3 is 2.67 bits per heavy atom. The van der Waals surface area contributed by atoms with Crippen molar-refractivity contribution >= 4 is 22.5 Å². The topological polar surface area (TPSA) is 63.2 Å². The van der Waals surface area contributed by atoms with Crippen LogP contribution < -0.4 is 10.6 Å². The Balaban J connectivity index is 1.44. The van der Waals surface area contributed by atoms with Gasteiger partial charge in [0, 0.05) is 19.0 Å². The molecule has 0 aliphatic heterocycles. The van der Waals surface area contributed by atoms with Gasteiger partial charge < -0.3 is 10.1 Å². The van der Waals surface area contributed by atoms with E-state index in [1.54, 1.807) is 7.11 Å². The summed E-state index contributed by atoms with van der Waals surface area (Å²) in [6.45, 7) is 1.17. The first-order chi connectivity index (χ1) is 11.7. The largest absolute Gasteiger partial charge is 0.378 e. The fourth-order valence-electron chi connectivity index (χ4n) is 3.07. The molecular weight excluding hydrogens is 322 g/mol. The molecule has 5 nitrogen and oxygen atoms in total. The highest BCUT2D eigenvalue weighted by atomic mass is 32.1. The molecule has 24 heavy (non-hydrogen) atoms. The lowest BCUT2D eigenvalue weighted by molar-refractivity contribution is 0.182. The number of carbonyl (C=O) groups is 1. The first-order valence-corrected chi connectivity index (χ1v) is 9.17. The normalized spacial score (nSPS) is 14.7. The molecule has 0 saturated carbocycles. The number of carbonyl (C=O) groups excluding carboxylic acids is 1. The number of amides is 2. The summed E-state index contributed by atoms with van der Waals surface area (Å²) >= 11 is 1.41. The Labute approximate surface area is 146 Å². The molecule has 1 heterocycles. The van der Waals surface area contributed by atoms with Gasteiger partial charge in [0.15, 0.2) is 5.13 Å². The van der Waals surface area contributed by atoms with Crippen LogP contribution in [0, 0.1) is 5.92 Å². The van der Waals surface area contributed by atoms with E-state index >= 15 is 0 Å². The number of hydrogen-bond donors (Lipinski definition) is 2. The smallest absolute Gasteiger partial charge is 0.321 e. The number of urea groups is 1. The summed E-state index contributed by atoms with van der Waals surface area (Å²) in [5.74, 6) is 0.517. The molecule has 1 aromatic carbocycles. The Morgan fingerprint density at radius 1 is 1.29 bits per heavy atom. The molecule has 128 valence electrons. The number of benzene rings is 1. The predicted molar refractivity (Wildman–Crippen MR) is 96.4 cm³/mol. The van der Waals surface area contributed by atoms with Gasteiger partial charge in [0.25, 0.3) is 0 Å². The van der Waals surface area contributed by atoms with Crippen molar-refractivity contribution in [2.24, 2.45) is 5.92 Å². The van der Waals surface area contributed by atoms with Crippen LogP contribution in [0.4, 0.5) is 9.93 Å². The molecule has 6 heteroatoms. The molecule has 0 bridgehead atoms. The average Bonchev–Trinajstić information content (AvgIpc) is 2.91. The number of methoxy groups -OCH3 is 1. The van der Waals surface area contributed by atoms with Crippen LogP contribution in [0.2, 0.25) is 0 Å². The van der Waals surface area contributed by atoms with E-state index in [-0.39, 0.29) is 6.03 Å². The fourth-order valence-corrected chi connectivity index (χ4v) is 3.76. The molecule has 2 aromatic rings. The van der Waals surface area contributed by atoms with Crippen LogP contribution in [0.25, 0.3) is 0 Å². The zero-order valence-corrected chi connectivity index (χ0v) is 14.7. The molecule has 1 aromatic heterocycles. The second kappa shape index (κ2) is 8.26. The van der Waals surface area contributed by atoms with Gasteiger partial charge in [-0.05, 0) is 42.7 Å². The zero-order chi connectivity index (χ0) is 16.8. The summed E-state index contributed by atoms with van der Waals surface area (Å²) in [4.78, 5) is 16.3. The minimum atomic E-state index is -0.185. The SMILES string of the molecule is COCc1csc(NC(=O)NCC2CCc3ccccc3CC2)n1. The van der Waals surface area contributed by atoms with E-state index in [0.717, 1.165) is 31.4 Å². The summed E-state index contributed by atoms with van der Waals surface area (Å²) in [5, 5.41) is 8.27. The number of aromatic nitrogens is 1. The Kier molecular flexibility index (Phi) is 5.82. The lowest BCUT2D eigenvalue weighted by Gasteiger charge is -2.14. The number of rotatable bonds is 5. The minimum Gasteiger partial charge on any atom is -0.378 e. The molecule has 0 unspecified atom stereocenters. The maximum Gasteiger partial charge on any atom is 0.321 e. The number of anilines is 1. The van der Waals surface area contributed by atoms with Gasteiger partial charge in [0.2, 0.25) is 0 Å². The van der Waals surface area contributed by atoms with Crippen LogP contribution in [-0.2, 0) is 24.2 Å². The predicted octanol–water partition coefficient (Wildman–Crippen LogP) is 3.61. The third-order valence-corrected chi connectivity index (χ3v) is 5.18. The number of nitrogens with zero attached hydrogens (tertiary/aromatic N) is 1. The fraction of sp³-hybridized carbons (Fsp3) is 0.444. The van der Waals surface area contributed by atoms with Crippen molar-refractivity contribution in [1.29, 1.82) is 0 Å². The molecule has 2 amide bonds. The third kappa shape index (κ3) is 4.55. The average molecular weight is 345 g/mol. The van der Waals surface area contributed by atoms with Crippen LogP contribution >= 0.6 is 11.3 Å². The van der Waals surface area contributed by atoms with E-state index in [0.29, 0.717) is 24.2 Å². The van der Waals surface area contributed by atoms with Crippen LogP contribution in [0.3, 0.4) is 0 Å². The quantitative estimate of drug-likeness (QED) is 0.814. The van der Waals surface area contributed by atoms with Gasteiger partial charge >= 0.3 is 6.03 Å². The van der Waals surface area contributed by atoms with E-state index < -0.39 is 0 Å².